The van der Waals surface area contributed by atoms with Crippen LogP contribution in [-0.2, 0) is 9.53 Å². The lowest BCUT2D eigenvalue weighted by Gasteiger charge is -2.13. The molecule has 170 valence electrons. The second-order valence-corrected chi connectivity index (χ2v) is 8.12. The molecule has 1 unspecified atom stereocenters. The van der Waals surface area contributed by atoms with Crippen molar-refractivity contribution >= 4 is 39.8 Å². The van der Waals surface area contributed by atoms with Crippen LogP contribution in [0.25, 0.3) is 22.0 Å². The molecule has 0 aliphatic carbocycles. The van der Waals surface area contributed by atoms with Gasteiger partial charge in [0, 0.05) is 40.8 Å². The summed E-state index contributed by atoms with van der Waals surface area (Å²) in [4.78, 5) is 21.0. The lowest BCUT2D eigenvalue weighted by molar-refractivity contribution is -0.111. The normalized spacial score (nSPS) is 15.1. The molecular weight excluding hydrogens is 426 g/mol. The molecule has 5 rings (SSSR count). The minimum absolute atomic E-state index is 0.248. The molecule has 2 heterocycles. The number of rotatable bonds is 7. The zero-order valence-electron chi connectivity index (χ0n) is 18.6. The van der Waals surface area contributed by atoms with Crippen LogP contribution in [0.5, 0.6) is 0 Å². The van der Waals surface area contributed by atoms with Crippen molar-refractivity contribution in [3.8, 4) is 11.1 Å². The van der Waals surface area contributed by atoms with Crippen molar-refractivity contribution < 1.29 is 9.53 Å². The number of hydrogen-bond acceptors (Lipinski definition) is 6. The minimum Gasteiger partial charge on any atom is -0.380 e. The smallest absolute Gasteiger partial charge is 0.247 e. The summed E-state index contributed by atoms with van der Waals surface area (Å²) in [5, 5.41) is 10.5. The van der Waals surface area contributed by atoms with E-state index in [1.807, 2.05) is 72.9 Å². The van der Waals surface area contributed by atoms with Crippen LogP contribution >= 0.6 is 0 Å². The van der Waals surface area contributed by atoms with Gasteiger partial charge in [0.05, 0.1) is 18.2 Å². The van der Waals surface area contributed by atoms with Crippen LogP contribution in [0.1, 0.15) is 6.42 Å². The first-order chi connectivity index (χ1) is 16.7. The highest BCUT2D eigenvalue weighted by molar-refractivity contribution is 6.00. The zero-order chi connectivity index (χ0) is 23.3. The summed E-state index contributed by atoms with van der Waals surface area (Å²) in [6, 6.07) is 22.1. The van der Waals surface area contributed by atoms with Gasteiger partial charge in [-0.25, -0.2) is 9.97 Å². The first-order valence-corrected chi connectivity index (χ1v) is 11.2. The first kappa shape index (κ1) is 21.6. The highest BCUT2D eigenvalue weighted by Gasteiger charge is 2.15. The molecule has 1 aliphatic rings. The Balaban J connectivity index is 1.39. The van der Waals surface area contributed by atoms with Gasteiger partial charge < -0.3 is 20.7 Å². The van der Waals surface area contributed by atoms with Crippen LogP contribution in [-0.4, -0.2) is 35.1 Å². The highest BCUT2D eigenvalue weighted by Crippen LogP contribution is 2.30. The van der Waals surface area contributed by atoms with E-state index >= 15 is 0 Å². The van der Waals surface area contributed by atoms with Gasteiger partial charge >= 0.3 is 0 Å². The van der Waals surface area contributed by atoms with E-state index in [1.165, 1.54) is 6.08 Å². The fourth-order valence-electron chi connectivity index (χ4n) is 3.97. The Bertz CT molecular complexity index is 1330. The minimum atomic E-state index is -0.248. The third-order valence-corrected chi connectivity index (χ3v) is 5.68. The van der Waals surface area contributed by atoms with Crippen molar-refractivity contribution in [2.75, 3.05) is 29.2 Å². The van der Waals surface area contributed by atoms with Crippen molar-refractivity contribution in [1.82, 2.24) is 9.97 Å². The molecule has 4 aromatic rings. The van der Waals surface area contributed by atoms with Crippen LogP contribution in [0.15, 0.2) is 85.6 Å². The fourth-order valence-corrected chi connectivity index (χ4v) is 3.97. The lowest BCUT2D eigenvalue weighted by atomic mass is 10.0. The lowest BCUT2D eigenvalue weighted by Crippen LogP contribution is -2.18. The summed E-state index contributed by atoms with van der Waals surface area (Å²) in [7, 11) is 0. The maximum absolute atomic E-state index is 11.7. The molecule has 1 atom stereocenters. The Hall–Kier alpha value is -4.23. The molecule has 0 bridgehead atoms. The Morgan fingerprint density at radius 3 is 2.65 bits per heavy atom. The Labute approximate surface area is 197 Å². The number of anilines is 4. The standard InChI is InChI=1S/C27H25N5O2/c1-2-25(33)30-22-7-3-5-18(15-22)24-8-4-6-19-16-28-27(32-26(19)24)31-21-11-9-20(10-12-21)29-23-13-14-34-17-23/h2-12,15-16,23,29H,1,13-14,17H2,(H,30,33)(H,28,31,32). The number of carbonyl (C=O) groups is 1. The highest BCUT2D eigenvalue weighted by atomic mass is 16.5. The van der Waals surface area contributed by atoms with E-state index in [0.29, 0.717) is 17.7 Å². The summed E-state index contributed by atoms with van der Waals surface area (Å²) in [5.41, 5.74) is 5.39. The van der Waals surface area contributed by atoms with Crippen LogP contribution in [0.4, 0.5) is 23.0 Å². The zero-order valence-corrected chi connectivity index (χ0v) is 18.6. The Morgan fingerprint density at radius 2 is 1.85 bits per heavy atom. The molecule has 1 saturated heterocycles. The van der Waals surface area contributed by atoms with Gasteiger partial charge in [-0.2, -0.15) is 0 Å². The van der Waals surface area contributed by atoms with Crippen molar-refractivity contribution in [3.05, 3.63) is 85.6 Å². The molecule has 0 radical (unpaired) electrons. The van der Waals surface area contributed by atoms with Gasteiger partial charge in [0.1, 0.15) is 0 Å². The van der Waals surface area contributed by atoms with Crippen LogP contribution in [0, 0.1) is 0 Å². The van der Waals surface area contributed by atoms with E-state index < -0.39 is 0 Å². The van der Waals surface area contributed by atoms with Gasteiger partial charge in [0.2, 0.25) is 11.9 Å². The van der Waals surface area contributed by atoms with Gasteiger partial charge in [0.15, 0.2) is 0 Å². The van der Waals surface area contributed by atoms with Crippen molar-refractivity contribution in [2.45, 2.75) is 12.5 Å². The Kier molecular flexibility index (Phi) is 6.18. The third-order valence-electron chi connectivity index (χ3n) is 5.68. The molecule has 7 heteroatoms. The molecular formula is C27H25N5O2. The summed E-state index contributed by atoms with van der Waals surface area (Å²) < 4.78 is 5.42. The average molecular weight is 452 g/mol. The number of benzene rings is 3. The number of carbonyl (C=O) groups excluding carboxylic acids is 1. The number of para-hydroxylation sites is 1. The van der Waals surface area contributed by atoms with Crippen LogP contribution < -0.4 is 16.0 Å². The average Bonchev–Trinajstić information content (AvgIpc) is 3.38. The molecule has 7 nitrogen and oxygen atoms in total. The van der Waals surface area contributed by atoms with Gasteiger partial charge in [-0.05, 0) is 54.5 Å². The largest absolute Gasteiger partial charge is 0.380 e. The van der Waals surface area contributed by atoms with Crippen molar-refractivity contribution in [1.29, 1.82) is 0 Å². The number of ether oxygens (including phenoxy) is 1. The van der Waals surface area contributed by atoms with Gasteiger partial charge in [-0.15, -0.1) is 0 Å². The molecule has 3 N–H and O–H groups in total. The third kappa shape index (κ3) is 4.89. The molecule has 1 fully saturated rings. The first-order valence-electron chi connectivity index (χ1n) is 11.2. The van der Waals surface area contributed by atoms with Crippen LogP contribution in [0.2, 0.25) is 0 Å². The number of nitrogens with zero attached hydrogens (tertiary/aromatic N) is 2. The quantitative estimate of drug-likeness (QED) is 0.328. The molecule has 34 heavy (non-hydrogen) atoms. The number of aromatic nitrogens is 2. The van der Waals surface area contributed by atoms with E-state index in [-0.39, 0.29) is 5.91 Å². The number of fused-ring (bicyclic) bond motifs is 1. The fraction of sp³-hybridized carbons (Fsp3) is 0.148. The second kappa shape index (κ2) is 9.72. The van der Waals surface area contributed by atoms with E-state index in [4.69, 9.17) is 9.72 Å². The molecule has 0 saturated carbocycles. The van der Waals surface area contributed by atoms with Crippen molar-refractivity contribution in [2.24, 2.45) is 0 Å². The van der Waals surface area contributed by atoms with E-state index in [2.05, 4.69) is 27.5 Å². The molecule has 1 aliphatic heterocycles. The second-order valence-electron chi connectivity index (χ2n) is 8.12. The molecule has 0 spiro atoms. The van der Waals surface area contributed by atoms with Crippen molar-refractivity contribution in [3.63, 3.8) is 0 Å². The summed E-state index contributed by atoms with van der Waals surface area (Å²) in [6.45, 7) is 5.06. The molecule has 3 aromatic carbocycles. The maximum Gasteiger partial charge on any atom is 0.247 e. The number of amides is 1. The van der Waals surface area contributed by atoms with E-state index in [0.717, 1.165) is 53.0 Å². The van der Waals surface area contributed by atoms with E-state index in [1.54, 1.807) is 0 Å². The van der Waals surface area contributed by atoms with Gasteiger partial charge in [-0.1, -0.05) is 36.9 Å². The summed E-state index contributed by atoms with van der Waals surface area (Å²) in [6.07, 6.45) is 4.09. The Morgan fingerprint density at radius 1 is 1.03 bits per heavy atom. The predicted molar refractivity (Wildman–Crippen MR) is 136 cm³/mol. The predicted octanol–water partition coefficient (Wildman–Crippen LogP) is 5.37. The number of hydrogen-bond donors (Lipinski definition) is 3. The summed E-state index contributed by atoms with van der Waals surface area (Å²) in [5.74, 6) is 0.266. The SMILES string of the molecule is C=CC(=O)Nc1cccc(-c2cccc3cnc(Nc4ccc(NC5CCOC5)cc4)nc23)c1. The summed E-state index contributed by atoms with van der Waals surface area (Å²) >= 11 is 0. The monoisotopic (exact) mass is 451 g/mol. The molecule has 1 aromatic heterocycles. The number of nitrogens with one attached hydrogen (secondary N) is 3. The van der Waals surface area contributed by atoms with Gasteiger partial charge in [-0.3, -0.25) is 4.79 Å². The topological polar surface area (TPSA) is 88.2 Å². The van der Waals surface area contributed by atoms with E-state index in [9.17, 15) is 4.79 Å². The molecule has 1 amide bonds. The van der Waals surface area contributed by atoms with Gasteiger partial charge in [0.25, 0.3) is 0 Å². The van der Waals surface area contributed by atoms with Crippen LogP contribution in [0.3, 0.4) is 0 Å². The maximum atomic E-state index is 11.7.